The minimum Gasteiger partial charge on any atom is -0.489 e. The third-order valence-corrected chi connectivity index (χ3v) is 5.03. The zero-order chi connectivity index (χ0) is 19.8. The first kappa shape index (κ1) is 17.4. The van der Waals surface area contributed by atoms with Crippen LogP contribution in [0.4, 0.5) is 5.82 Å². The predicted molar refractivity (Wildman–Crippen MR) is 111 cm³/mol. The molecule has 29 heavy (non-hydrogen) atoms. The second-order valence-electron chi connectivity index (χ2n) is 7.18. The lowest BCUT2D eigenvalue weighted by atomic mass is 10.1. The molecule has 0 aliphatic carbocycles. The molecule has 6 heteroatoms. The van der Waals surface area contributed by atoms with E-state index in [1.54, 1.807) is 0 Å². The number of hydrogen-bond acceptors (Lipinski definition) is 5. The Balaban J connectivity index is 1.27. The number of nitrogen functional groups attached to an aromatic ring is 1. The summed E-state index contributed by atoms with van der Waals surface area (Å²) in [5, 5.41) is 5.49. The fraction of sp³-hybridized carbons (Fsp3) is 0.174. The third kappa shape index (κ3) is 3.45. The van der Waals surface area contributed by atoms with Crippen LogP contribution in [0.3, 0.4) is 0 Å². The van der Waals surface area contributed by atoms with Crippen molar-refractivity contribution in [1.82, 2.24) is 9.78 Å². The number of ether oxygens (including phenoxy) is 3. The Morgan fingerprint density at radius 2 is 1.76 bits per heavy atom. The molecule has 2 N–H and O–H groups in total. The summed E-state index contributed by atoms with van der Waals surface area (Å²) in [5.74, 6) is 2.92. The van der Waals surface area contributed by atoms with Crippen molar-refractivity contribution >= 4 is 16.7 Å². The van der Waals surface area contributed by atoms with E-state index in [9.17, 15) is 0 Å². The Morgan fingerprint density at radius 1 is 0.966 bits per heavy atom. The van der Waals surface area contributed by atoms with Gasteiger partial charge in [-0.2, -0.15) is 5.10 Å². The molecule has 0 spiro atoms. The van der Waals surface area contributed by atoms with Crippen molar-refractivity contribution in [2.45, 2.75) is 20.1 Å². The fourth-order valence-corrected chi connectivity index (χ4v) is 3.50. The quantitative estimate of drug-likeness (QED) is 0.553. The number of nitrogens with two attached hydrogens (primary N) is 1. The normalized spacial score (nSPS) is 12.4. The molecule has 2 heterocycles. The molecule has 0 saturated carbocycles. The topological polar surface area (TPSA) is 71.5 Å². The molecular weight excluding hydrogens is 366 g/mol. The van der Waals surface area contributed by atoms with E-state index in [1.807, 2.05) is 47.1 Å². The third-order valence-electron chi connectivity index (χ3n) is 5.03. The first-order valence-corrected chi connectivity index (χ1v) is 9.49. The number of fused-ring (bicyclic) bond motifs is 2. The van der Waals surface area contributed by atoms with Crippen molar-refractivity contribution in [2.75, 3.05) is 12.5 Å². The number of benzene rings is 3. The van der Waals surface area contributed by atoms with Crippen molar-refractivity contribution in [1.29, 1.82) is 0 Å². The Labute approximate surface area is 168 Å². The highest BCUT2D eigenvalue weighted by Gasteiger charge is 2.13. The summed E-state index contributed by atoms with van der Waals surface area (Å²) in [6.45, 7) is 3.45. The van der Waals surface area contributed by atoms with Crippen molar-refractivity contribution < 1.29 is 14.2 Å². The number of aryl methyl sites for hydroxylation is 1. The molecule has 0 unspecified atom stereocenters. The summed E-state index contributed by atoms with van der Waals surface area (Å²) in [5.41, 5.74) is 10.5. The Kier molecular flexibility index (Phi) is 4.24. The van der Waals surface area contributed by atoms with Gasteiger partial charge >= 0.3 is 0 Å². The van der Waals surface area contributed by atoms with E-state index >= 15 is 0 Å². The van der Waals surface area contributed by atoms with E-state index in [4.69, 9.17) is 19.9 Å². The molecule has 6 nitrogen and oxygen atoms in total. The molecule has 0 amide bonds. The van der Waals surface area contributed by atoms with Gasteiger partial charge in [0.05, 0.1) is 12.1 Å². The molecule has 5 rings (SSSR count). The maximum absolute atomic E-state index is 6.08. The highest BCUT2D eigenvalue weighted by molar-refractivity contribution is 5.89. The Morgan fingerprint density at radius 3 is 2.62 bits per heavy atom. The van der Waals surface area contributed by atoms with Crippen LogP contribution in [0, 0.1) is 6.92 Å². The van der Waals surface area contributed by atoms with Crippen molar-refractivity contribution in [2.24, 2.45) is 0 Å². The Hall–Kier alpha value is -3.67. The van der Waals surface area contributed by atoms with Crippen LogP contribution in [-0.2, 0) is 13.2 Å². The minimum atomic E-state index is 0.276. The van der Waals surface area contributed by atoms with E-state index in [0.29, 0.717) is 19.0 Å². The van der Waals surface area contributed by atoms with Gasteiger partial charge in [0.15, 0.2) is 17.3 Å². The van der Waals surface area contributed by atoms with Gasteiger partial charge in [-0.15, -0.1) is 0 Å². The van der Waals surface area contributed by atoms with E-state index in [-0.39, 0.29) is 6.79 Å². The van der Waals surface area contributed by atoms with Crippen LogP contribution in [0.2, 0.25) is 0 Å². The summed E-state index contributed by atoms with van der Waals surface area (Å²) in [4.78, 5) is 0. The van der Waals surface area contributed by atoms with E-state index in [1.165, 1.54) is 5.56 Å². The molecule has 3 aromatic carbocycles. The lowest BCUT2D eigenvalue weighted by Crippen LogP contribution is -2.02. The fourth-order valence-electron chi connectivity index (χ4n) is 3.50. The van der Waals surface area contributed by atoms with Gasteiger partial charge in [-0.25, -0.2) is 0 Å². The second kappa shape index (κ2) is 7.05. The number of nitrogens with zero attached hydrogens (tertiary/aromatic N) is 2. The van der Waals surface area contributed by atoms with Crippen LogP contribution in [0.15, 0.2) is 60.7 Å². The first-order chi connectivity index (χ1) is 14.2. The van der Waals surface area contributed by atoms with Crippen LogP contribution in [0.25, 0.3) is 10.9 Å². The molecule has 1 aliphatic rings. The van der Waals surface area contributed by atoms with Crippen LogP contribution < -0.4 is 19.9 Å². The highest BCUT2D eigenvalue weighted by Crippen LogP contribution is 2.32. The second-order valence-corrected chi connectivity index (χ2v) is 7.18. The van der Waals surface area contributed by atoms with Gasteiger partial charge in [0.2, 0.25) is 6.79 Å². The van der Waals surface area contributed by atoms with E-state index in [0.717, 1.165) is 39.3 Å². The summed E-state index contributed by atoms with van der Waals surface area (Å²) in [6, 6.07) is 20.1. The monoisotopic (exact) mass is 387 g/mol. The lowest BCUT2D eigenvalue weighted by molar-refractivity contribution is 0.174. The standard InChI is InChI=1S/C23H21N3O3/c1-15-2-8-20-19(10-15)23(24)25-26(20)12-16-3-6-18(7-4-16)27-13-17-5-9-21-22(11-17)29-14-28-21/h2-11H,12-14H2,1H3,(H2,24,25). The number of hydrogen-bond donors (Lipinski definition) is 1. The summed E-state index contributed by atoms with van der Waals surface area (Å²) >= 11 is 0. The smallest absolute Gasteiger partial charge is 0.231 e. The zero-order valence-electron chi connectivity index (χ0n) is 16.1. The molecule has 0 fully saturated rings. The van der Waals surface area contributed by atoms with Crippen molar-refractivity contribution in [3.8, 4) is 17.2 Å². The largest absolute Gasteiger partial charge is 0.489 e. The van der Waals surface area contributed by atoms with Gasteiger partial charge in [-0.05, 0) is 54.4 Å². The summed E-state index contributed by atoms with van der Waals surface area (Å²) in [7, 11) is 0. The summed E-state index contributed by atoms with van der Waals surface area (Å²) in [6.07, 6.45) is 0. The molecule has 1 aromatic heterocycles. The summed E-state index contributed by atoms with van der Waals surface area (Å²) < 4.78 is 18.6. The maximum atomic E-state index is 6.08. The van der Waals surface area contributed by atoms with Gasteiger partial charge in [0.1, 0.15) is 12.4 Å². The molecule has 1 aliphatic heterocycles. The lowest BCUT2D eigenvalue weighted by Gasteiger charge is -2.09. The van der Waals surface area contributed by atoms with Gasteiger partial charge in [-0.3, -0.25) is 4.68 Å². The highest BCUT2D eigenvalue weighted by atomic mass is 16.7. The van der Waals surface area contributed by atoms with Crippen LogP contribution in [-0.4, -0.2) is 16.6 Å². The Bertz CT molecular complexity index is 1180. The van der Waals surface area contributed by atoms with Crippen LogP contribution in [0.1, 0.15) is 16.7 Å². The zero-order valence-corrected chi connectivity index (χ0v) is 16.1. The molecule has 146 valence electrons. The average Bonchev–Trinajstić information content (AvgIpc) is 3.31. The van der Waals surface area contributed by atoms with Gasteiger partial charge in [0, 0.05) is 5.39 Å². The molecule has 0 saturated heterocycles. The molecule has 4 aromatic rings. The first-order valence-electron chi connectivity index (χ1n) is 9.49. The van der Waals surface area contributed by atoms with Crippen LogP contribution >= 0.6 is 0 Å². The van der Waals surface area contributed by atoms with Gasteiger partial charge in [-0.1, -0.05) is 29.8 Å². The van der Waals surface area contributed by atoms with Crippen LogP contribution in [0.5, 0.6) is 17.2 Å². The number of anilines is 1. The molecule has 0 radical (unpaired) electrons. The van der Waals surface area contributed by atoms with Crippen molar-refractivity contribution in [3.63, 3.8) is 0 Å². The van der Waals surface area contributed by atoms with E-state index < -0.39 is 0 Å². The van der Waals surface area contributed by atoms with E-state index in [2.05, 4.69) is 30.2 Å². The predicted octanol–water partition coefficient (Wildman–Crippen LogP) is 4.28. The molecular formula is C23H21N3O3. The molecule has 0 atom stereocenters. The van der Waals surface area contributed by atoms with Crippen molar-refractivity contribution in [3.05, 3.63) is 77.4 Å². The maximum Gasteiger partial charge on any atom is 0.231 e. The number of rotatable bonds is 5. The number of aromatic nitrogens is 2. The van der Waals surface area contributed by atoms with Gasteiger partial charge in [0.25, 0.3) is 0 Å². The SMILES string of the molecule is Cc1ccc2c(c1)c(N)nn2Cc1ccc(OCc2ccc3c(c2)OCO3)cc1. The average molecular weight is 387 g/mol. The van der Waals surface area contributed by atoms with Gasteiger partial charge < -0.3 is 19.9 Å². The molecule has 0 bridgehead atoms. The minimum absolute atomic E-state index is 0.276.